The molecule has 0 aromatic carbocycles. The highest BCUT2D eigenvalue weighted by Gasteiger charge is 2.17. The van der Waals surface area contributed by atoms with Gasteiger partial charge in [-0.2, -0.15) is 0 Å². The Kier molecular flexibility index (Phi) is 4.37. The van der Waals surface area contributed by atoms with Gasteiger partial charge in [0.05, 0.1) is 12.6 Å². The van der Waals surface area contributed by atoms with E-state index in [1.165, 1.54) is 4.88 Å². The molecule has 18 heavy (non-hydrogen) atoms. The van der Waals surface area contributed by atoms with Gasteiger partial charge in [-0.25, -0.2) is 4.98 Å². The van der Waals surface area contributed by atoms with E-state index in [1.54, 1.807) is 17.5 Å². The molecule has 2 heterocycles. The van der Waals surface area contributed by atoms with Crippen LogP contribution in [0.1, 0.15) is 23.4 Å². The number of thiophene rings is 1. The summed E-state index contributed by atoms with van der Waals surface area (Å²) in [7, 11) is 2.00. The Labute approximate surface area is 119 Å². The van der Waals surface area contributed by atoms with Crippen molar-refractivity contribution in [3.8, 4) is 0 Å². The minimum Gasteiger partial charge on any atom is -0.392 e. The van der Waals surface area contributed by atoms with Gasteiger partial charge in [-0.05, 0) is 40.4 Å². The fraction of sp³-hybridized carbons (Fsp3) is 0.308. The van der Waals surface area contributed by atoms with E-state index in [0.717, 1.165) is 15.9 Å². The Morgan fingerprint density at radius 1 is 1.56 bits per heavy atom. The second-order valence-corrected chi connectivity index (χ2v) is 5.99. The number of pyridine rings is 1. The number of aromatic nitrogens is 1. The van der Waals surface area contributed by atoms with Crippen LogP contribution in [-0.4, -0.2) is 17.1 Å². The molecule has 2 rings (SSSR count). The van der Waals surface area contributed by atoms with Crippen molar-refractivity contribution in [1.82, 2.24) is 4.98 Å². The summed E-state index contributed by atoms with van der Waals surface area (Å²) in [6.07, 6.45) is 1.76. The Balaban J connectivity index is 2.31. The van der Waals surface area contributed by atoms with Crippen molar-refractivity contribution in [3.05, 3.63) is 44.7 Å². The first-order chi connectivity index (χ1) is 8.63. The minimum absolute atomic E-state index is 0.0106. The second-order valence-electron chi connectivity index (χ2n) is 4.10. The van der Waals surface area contributed by atoms with Gasteiger partial charge in [0.15, 0.2) is 0 Å². The van der Waals surface area contributed by atoms with Gasteiger partial charge in [-0.15, -0.1) is 11.3 Å². The highest BCUT2D eigenvalue weighted by Crippen LogP contribution is 2.30. The zero-order valence-corrected chi connectivity index (χ0v) is 12.7. The molecule has 0 aliphatic carbocycles. The summed E-state index contributed by atoms with van der Waals surface area (Å²) >= 11 is 5.10. The maximum atomic E-state index is 9.42. The molecule has 0 fully saturated rings. The molecule has 5 heteroatoms. The molecule has 1 atom stereocenters. The number of nitrogens with zero attached hydrogens (tertiary/aromatic N) is 2. The Bertz CT molecular complexity index is 516. The van der Waals surface area contributed by atoms with Crippen LogP contribution in [0.5, 0.6) is 0 Å². The predicted octanol–water partition coefficient (Wildman–Crippen LogP) is 3.60. The molecule has 1 N–H and O–H groups in total. The van der Waals surface area contributed by atoms with E-state index in [0.29, 0.717) is 0 Å². The molecular formula is C13H15BrN2OS. The molecule has 1 unspecified atom stereocenters. The maximum Gasteiger partial charge on any atom is 0.134 e. The molecule has 2 aromatic heterocycles. The Hall–Kier alpha value is -0.910. The summed E-state index contributed by atoms with van der Waals surface area (Å²) in [4.78, 5) is 7.77. The highest BCUT2D eigenvalue weighted by atomic mass is 79.9. The Morgan fingerprint density at radius 2 is 2.33 bits per heavy atom. The van der Waals surface area contributed by atoms with Crippen LogP contribution in [0.15, 0.2) is 34.2 Å². The van der Waals surface area contributed by atoms with Gasteiger partial charge in [-0.1, -0.05) is 6.07 Å². The number of hydrogen-bond donors (Lipinski definition) is 1. The Morgan fingerprint density at radius 3 is 2.94 bits per heavy atom. The quantitative estimate of drug-likeness (QED) is 0.932. The molecule has 96 valence electrons. The largest absolute Gasteiger partial charge is 0.392 e. The van der Waals surface area contributed by atoms with Gasteiger partial charge in [0.2, 0.25) is 0 Å². The minimum atomic E-state index is -0.0106. The van der Waals surface area contributed by atoms with E-state index in [9.17, 15) is 5.11 Å². The van der Waals surface area contributed by atoms with Crippen molar-refractivity contribution in [1.29, 1.82) is 0 Å². The zero-order valence-electron chi connectivity index (χ0n) is 10.3. The number of hydrogen-bond acceptors (Lipinski definition) is 4. The van der Waals surface area contributed by atoms with Crippen LogP contribution in [0.4, 0.5) is 5.82 Å². The predicted molar refractivity (Wildman–Crippen MR) is 79.0 cm³/mol. The van der Waals surface area contributed by atoms with E-state index in [2.05, 4.69) is 44.2 Å². The summed E-state index contributed by atoms with van der Waals surface area (Å²) in [6, 6.07) is 6.30. The molecule has 0 saturated carbocycles. The number of halogens is 1. The molecule has 0 saturated heterocycles. The fourth-order valence-corrected chi connectivity index (χ4v) is 3.02. The summed E-state index contributed by atoms with van der Waals surface area (Å²) in [5, 5.41) is 11.5. The fourth-order valence-electron chi connectivity index (χ4n) is 1.81. The highest BCUT2D eigenvalue weighted by molar-refractivity contribution is 9.10. The first-order valence-corrected chi connectivity index (χ1v) is 7.32. The summed E-state index contributed by atoms with van der Waals surface area (Å²) < 4.78 is 0.882. The van der Waals surface area contributed by atoms with Crippen LogP contribution in [0.25, 0.3) is 0 Å². The van der Waals surface area contributed by atoms with Crippen LogP contribution in [0.2, 0.25) is 0 Å². The number of rotatable bonds is 4. The molecule has 0 radical (unpaired) electrons. The average molecular weight is 327 g/mol. The summed E-state index contributed by atoms with van der Waals surface area (Å²) in [5.41, 5.74) is 0.829. The van der Waals surface area contributed by atoms with Gasteiger partial charge >= 0.3 is 0 Å². The lowest BCUT2D eigenvalue weighted by Gasteiger charge is -2.26. The van der Waals surface area contributed by atoms with Crippen LogP contribution >= 0.6 is 27.3 Å². The van der Waals surface area contributed by atoms with Crippen LogP contribution < -0.4 is 4.90 Å². The lowest BCUT2D eigenvalue weighted by molar-refractivity contribution is 0.281. The third-order valence-corrected chi connectivity index (χ3v) is 4.43. The van der Waals surface area contributed by atoms with Crippen molar-refractivity contribution in [3.63, 3.8) is 0 Å². The van der Waals surface area contributed by atoms with Gasteiger partial charge in [0.1, 0.15) is 5.82 Å². The van der Waals surface area contributed by atoms with Gasteiger partial charge in [0, 0.05) is 28.2 Å². The third kappa shape index (κ3) is 2.74. The number of anilines is 1. The molecule has 0 amide bonds. The number of aliphatic hydroxyl groups is 1. The SMILES string of the molecule is CC(c1cccs1)N(C)c1ncc(Br)cc1CO. The van der Waals surface area contributed by atoms with Gasteiger partial charge in [-0.3, -0.25) is 0 Å². The third-order valence-electron chi connectivity index (χ3n) is 2.95. The van der Waals surface area contributed by atoms with E-state index in [4.69, 9.17) is 0 Å². The lowest BCUT2D eigenvalue weighted by atomic mass is 10.2. The van der Waals surface area contributed by atoms with Crippen molar-refractivity contribution >= 4 is 33.1 Å². The first-order valence-electron chi connectivity index (χ1n) is 5.65. The maximum absolute atomic E-state index is 9.42. The van der Waals surface area contributed by atoms with E-state index >= 15 is 0 Å². The topological polar surface area (TPSA) is 36.4 Å². The van der Waals surface area contributed by atoms with Gasteiger partial charge < -0.3 is 10.0 Å². The van der Waals surface area contributed by atoms with E-state index in [-0.39, 0.29) is 12.6 Å². The molecule has 0 spiro atoms. The first kappa shape index (κ1) is 13.5. The van der Waals surface area contributed by atoms with Crippen LogP contribution in [0.3, 0.4) is 0 Å². The monoisotopic (exact) mass is 326 g/mol. The normalized spacial score (nSPS) is 12.4. The molecule has 0 bridgehead atoms. The van der Waals surface area contributed by atoms with E-state index < -0.39 is 0 Å². The molecule has 2 aromatic rings. The zero-order chi connectivity index (χ0) is 13.1. The summed E-state index contributed by atoms with van der Waals surface area (Å²) in [6.45, 7) is 2.12. The summed E-state index contributed by atoms with van der Waals surface area (Å²) in [5.74, 6) is 0.821. The molecule has 3 nitrogen and oxygen atoms in total. The molecule has 0 aliphatic heterocycles. The van der Waals surface area contributed by atoms with Crippen molar-refractivity contribution in [2.24, 2.45) is 0 Å². The molecular weight excluding hydrogens is 312 g/mol. The average Bonchev–Trinajstić information content (AvgIpc) is 2.90. The van der Waals surface area contributed by atoms with Gasteiger partial charge in [0.25, 0.3) is 0 Å². The van der Waals surface area contributed by atoms with Crippen molar-refractivity contribution < 1.29 is 5.11 Å². The smallest absolute Gasteiger partial charge is 0.134 e. The molecule has 0 aliphatic rings. The van der Waals surface area contributed by atoms with Crippen LogP contribution in [0, 0.1) is 0 Å². The number of aliphatic hydroxyl groups excluding tert-OH is 1. The second kappa shape index (κ2) is 5.82. The van der Waals surface area contributed by atoms with Crippen LogP contribution in [-0.2, 0) is 6.61 Å². The van der Waals surface area contributed by atoms with Crippen molar-refractivity contribution in [2.45, 2.75) is 19.6 Å². The lowest BCUT2D eigenvalue weighted by Crippen LogP contribution is -2.23. The standard InChI is InChI=1S/C13H15BrN2OS/c1-9(12-4-3-5-18-12)16(2)13-10(8-17)6-11(14)7-15-13/h3-7,9,17H,8H2,1-2H3. The van der Waals surface area contributed by atoms with E-state index in [1.807, 2.05) is 19.2 Å². The van der Waals surface area contributed by atoms with Crippen molar-refractivity contribution in [2.75, 3.05) is 11.9 Å².